The van der Waals surface area contributed by atoms with Gasteiger partial charge in [-0.1, -0.05) is 28.1 Å². The average Bonchev–Trinajstić information content (AvgIpc) is 2.27. The Morgan fingerprint density at radius 1 is 1.25 bits per heavy atom. The molecule has 2 aromatic rings. The van der Waals surface area contributed by atoms with Crippen LogP contribution in [-0.2, 0) is 0 Å². The van der Waals surface area contributed by atoms with Crippen LogP contribution in [0.4, 0.5) is 5.82 Å². The van der Waals surface area contributed by atoms with Gasteiger partial charge in [0.15, 0.2) is 0 Å². The molecule has 0 amide bonds. The number of hydrogen-bond acceptors (Lipinski definition) is 3. The van der Waals surface area contributed by atoms with Crippen molar-refractivity contribution < 1.29 is 0 Å². The summed E-state index contributed by atoms with van der Waals surface area (Å²) in [7, 11) is 0. The molecule has 0 saturated heterocycles. The highest BCUT2D eigenvalue weighted by molar-refractivity contribution is 9.10. The van der Waals surface area contributed by atoms with Gasteiger partial charge < -0.3 is 11.1 Å². The second kappa shape index (κ2) is 6.03. The van der Waals surface area contributed by atoms with Crippen molar-refractivity contribution in [1.29, 1.82) is 0 Å². The van der Waals surface area contributed by atoms with Gasteiger partial charge in [0.2, 0.25) is 0 Å². The van der Waals surface area contributed by atoms with E-state index in [0.29, 0.717) is 6.54 Å². The summed E-state index contributed by atoms with van der Waals surface area (Å²) in [6.45, 7) is 1.34. The minimum atomic E-state index is 0. The number of benzene rings is 1. The van der Waals surface area contributed by atoms with Crippen LogP contribution in [0.5, 0.6) is 0 Å². The summed E-state index contributed by atoms with van der Waals surface area (Å²) >= 11 is 3.52. The van der Waals surface area contributed by atoms with E-state index in [-0.39, 0.29) is 12.4 Å². The summed E-state index contributed by atoms with van der Waals surface area (Å²) in [4.78, 5) is 4.30. The average molecular weight is 303 g/mol. The maximum atomic E-state index is 5.45. The van der Waals surface area contributed by atoms with Crippen LogP contribution in [0.25, 0.3) is 10.8 Å². The van der Waals surface area contributed by atoms with Crippen molar-refractivity contribution in [3.63, 3.8) is 0 Å². The lowest BCUT2D eigenvalue weighted by Gasteiger charge is -2.08. The van der Waals surface area contributed by atoms with Crippen molar-refractivity contribution in [1.82, 2.24) is 4.98 Å². The van der Waals surface area contributed by atoms with Crippen molar-refractivity contribution >= 4 is 44.9 Å². The maximum absolute atomic E-state index is 5.45. The van der Waals surface area contributed by atoms with E-state index in [1.165, 1.54) is 0 Å². The molecule has 1 aromatic carbocycles. The molecule has 0 radical (unpaired) electrons. The number of rotatable bonds is 3. The Labute approximate surface area is 109 Å². The molecular weight excluding hydrogens is 289 g/mol. The second-order valence-electron chi connectivity index (χ2n) is 3.21. The van der Waals surface area contributed by atoms with Gasteiger partial charge in [0, 0.05) is 34.5 Å². The van der Waals surface area contributed by atoms with E-state index >= 15 is 0 Å². The zero-order valence-electron chi connectivity index (χ0n) is 8.61. The number of halogens is 2. The number of aromatic nitrogens is 1. The topological polar surface area (TPSA) is 50.9 Å². The van der Waals surface area contributed by atoms with Crippen molar-refractivity contribution in [2.24, 2.45) is 5.73 Å². The van der Waals surface area contributed by atoms with Gasteiger partial charge >= 0.3 is 0 Å². The largest absolute Gasteiger partial charge is 0.368 e. The molecule has 0 aliphatic rings. The number of nitrogens with two attached hydrogens (primary N) is 1. The zero-order chi connectivity index (χ0) is 10.7. The molecule has 0 spiro atoms. The van der Waals surface area contributed by atoms with Crippen molar-refractivity contribution in [3.05, 3.63) is 34.9 Å². The minimum Gasteiger partial charge on any atom is -0.368 e. The Morgan fingerprint density at radius 2 is 2.06 bits per heavy atom. The lowest BCUT2D eigenvalue weighted by molar-refractivity contribution is 1.01. The Hall–Kier alpha value is -0.840. The third-order valence-corrected chi connectivity index (χ3v) is 2.88. The van der Waals surface area contributed by atoms with E-state index in [1.807, 2.05) is 24.3 Å². The first-order chi connectivity index (χ1) is 7.33. The molecule has 1 aromatic heterocycles. The van der Waals surface area contributed by atoms with Gasteiger partial charge in [-0.05, 0) is 12.1 Å². The van der Waals surface area contributed by atoms with E-state index in [1.54, 1.807) is 6.20 Å². The van der Waals surface area contributed by atoms with Crippen LogP contribution in [0.15, 0.2) is 34.9 Å². The molecule has 0 atom stereocenters. The fraction of sp³-hybridized carbons (Fsp3) is 0.182. The zero-order valence-corrected chi connectivity index (χ0v) is 11.0. The molecule has 0 unspecified atom stereocenters. The van der Waals surface area contributed by atoms with Crippen LogP contribution >= 0.6 is 28.3 Å². The number of fused-ring (bicyclic) bond motifs is 1. The number of pyridine rings is 1. The molecule has 0 bridgehead atoms. The highest BCUT2D eigenvalue weighted by Crippen LogP contribution is 2.27. The van der Waals surface area contributed by atoms with Gasteiger partial charge in [-0.3, -0.25) is 0 Å². The van der Waals surface area contributed by atoms with E-state index in [9.17, 15) is 0 Å². The second-order valence-corrected chi connectivity index (χ2v) is 4.06. The van der Waals surface area contributed by atoms with Crippen molar-refractivity contribution in [2.75, 3.05) is 18.4 Å². The summed E-state index contributed by atoms with van der Waals surface area (Å²) in [5, 5.41) is 5.48. The summed E-state index contributed by atoms with van der Waals surface area (Å²) in [6, 6.07) is 8.07. The molecule has 5 heteroatoms. The molecule has 0 saturated carbocycles. The van der Waals surface area contributed by atoms with Crippen molar-refractivity contribution in [2.45, 2.75) is 0 Å². The fourth-order valence-corrected chi connectivity index (χ4v) is 2.00. The lowest BCUT2D eigenvalue weighted by atomic mass is 10.1. The lowest BCUT2D eigenvalue weighted by Crippen LogP contribution is -2.13. The van der Waals surface area contributed by atoms with Crippen LogP contribution in [0.1, 0.15) is 0 Å². The summed E-state index contributed by atoms with van der Waals surface area (Å²) in [5.74, 6) is 0.888. The standard InChI is InChI=1S/C11H12BrN3.ClH/c12-10-3-1-2-9-8(10)4-6-14-11(9)15-7-5-13;/h1-4,6H,5,7,13H2,(H,14,15);1H. The maximum Gasteiger partial charge on any atom is 0.133 e. The number of nitrogens with one attached hydrogen (secondary N) is 1. The molecular formula is C11H13BrClN3. The highest BCUT2D eigenvalue weighted by Gasteiger charge is 2.03. The minimum absolute atomic E-state index is 0. The molecule has 3 N–H and O–H groups in total. The highest BCUT2D eigenvalue weighted by atomic mass is 79.9. The van der Waals surface area contributed by atoms with E-state index < -0.39 is 0 Å². The normalized spacial score (nSPS) is 9.88. The monoisotopic (exact) mass is 301 g/mol. The van der Waals surface area contributed by atoms with Crippen LogP contribution in [-0.4, -0.2) is 18.1 Å². The third-order valence-electron chi connectivity index (χ3n) is 2.19. The third kappa shape index (κ3) is 2.64. The molecule has 86 valence electrons. The summed E-state index contributed by atoms with van der Waals surface area (Å²) < 4.78 is 1.08. The molecule has 1 heterocycles. The number of hydrogen-bond donors (Lipinski definition) is 2. The van der Waals surface area contributed by atoms with Crippen LogP contribution in [0.2, 0.25) is 0 Å². The van der Waals surface area contributed by atoms with E-state index in [0.717, 1.165) is 27.6 Å². The summed E-state index contributed by atoms with van der Waals surface area (Å²) in [6.07, 6.45) is 1.80. The van der Waals surface area contributed by atoms with Gasteiger partial charge in [0.25, 0.3) is 0 Å². The molecule has 0 aliphatic carbocycles. The first kappa shape index (κ1) is 13.2. The van der Waals surface area contributed by atoms with E-state index in [2.05, 4.69) is 26.2 Å². The van der Waals surface area contributed by atoms with Gasteiger partial charge in [0.05, 0.1) is 0 Å². The molecule has 3 nitrogen and oxygen atoms in total. The quantitative estimate of drug-likeness (QED) is 0.916. The first-order valence-electron chi connectivity index (χ1n) is 4.80. The molecule has 2 rings (SSSR count). The van der Waals surface area contributed by atoms with Gasteiger partial charge in [-0.2, -0.15) is 0 Å². The van der Waals surface area contributed by atoms with Gasteiger partial charge in [0.1, 0.15) is 5.82 Å². The Balaban J connectivity index is 0.00000128. The Morgan fingerprint density at radius 3 is 2.81 bits per heavy atom. The smallest absolute Gasteiger partial charge is 0.133 e. The summed E-state index contributed by atoms with van der Waals surface area (Å²) in [5.41, 5.74) is 5.45. The molecule has 16 heavy (non-hydrogen) atoms. The predicted molar refractivity (Wildman–Crippen MR) is 74.2 cm³/mol. The van der Waals surface area contributed by atoms with Gasteiger partial charge in [-0.15, -0.1) is 12.4 Å². The van der Waals surface area contributed by atoms with Crippen molar-refractivity contribution in [3.8, 4) is 0 Å². The van der Waals surface area contributed by atoms with Gasteiger partial charge in [-0.25, -0.2) is 4.98 Å². The predicted octanol–water partition coefficient (Wildman–Crippen LogP) is 2.79. The Kier molecular flexibility index (Phi) is 4.99. The molecule has 0 fully saturated rings. The fourth-order valence-electron chi connectivity index (χ4n) is 1.50. The number of anilines is 1. The van der Waals surface area contributed by atoms with E-state index in [4.69, 9.17) is 5.73 Å². The molecule has 0 aliphatic heterocycles. The van der Waals surface area contributed by atoms with Crippen LogP contribution < -0.4 is 11.1 Å². The van der Waals surface area contributed by atoms with Crippen LogP contribution in [0, 0.1) is 0 Å². The van der Waals surface area contributed by atoms with Crippen LogP contribution in [0.3, 0.4) is 0 Å². The first-order valence-corrected chi connectivity index (χ1v) is 5.59. The number of nitrogens with zero attached hydrogens (tertiary/aromatic N) is 1. The Bertz CT molecular complexity index is 476. The SMILES string of the molecule is Cl.NCCNc1nccc2c(Br)cccc12.